The van der Waals surface area contributed by atoms with Crippen LogP contribution in [0.15, 0.2) is 54.6 Å². The standard InChI is InChI=1S/C20H11Cl3/c21-15-9-14-16-10-5-1-3-7-12(10)17(18(14)20(23)19(15)22)13-8-4-2-6-11(13)16/h1-9,16-17H. The third kappa shape index (κ3) is 1.69. The van der Waals surface area contributed by atoms with Crippen LogP contribution < -0.4 is 0 Å². The fraction of sp³-hybridized carbons (Fsp3) is 0.100. The highest BCUT2D eigenvalue weighted by Crippen LogP contribution is 2.58. The van der Waals surface area contributed by atoms with Crippen LogP contribution in [0.25, 0.3) is 0 Å². The zero-order chi connectivity index (χ0) is 15.7. The largest absolute Gasteiger partial charge is 0.0826 e. The number of benzene rings is 3. The van der Waals surface area contributed by atoms with Gasteiger partial charge < -0.3 is 0 Å². The smallest absolute Gasteiger partial charge is 0.0781 e. The van der Waals surface area contributed by atoms with Gasteiger partial charge >= 0.3 is 0 Å². The lowest BCUT2D eigenvalue weighted by atomic mass is 9.61. The molecular formula is C20H11Cl3. The molecule has 0 fully saturated rings. The van der Waals surface area contributed by atoms with Crippen LogP contribution in [0.1, 0.15) is 45.2 Å². The van der Waals surface area contributed by atoms with Gasteiger partial charge in [0.15, 0.2) is 0 Å². The first kappa shape index (κ1) is 13.9. The molecule has 0 amide bonds. The Hall–Kier alpha value is -1.47. The topological polar surface area (TPSA) is 0 Å². The van der Waals surface area contributed by atoms with Crippen molar-refractivity contribution in [1.29, 1.82) is 0 Å². The molecule has 0 nitrogen and oxygen atoms in total. The molecule has 3 aromatic carbocycles. The van der Waals surface area contributed by atoms with E-state index < -0.39 is 0 Å². The molecule has 2 bridgehead atoms. The van der Waals surface area contributed by atoms with E-state index in [0.717, 1.165) is 5.56 Å². The highest BCUT2D eigenvalue weighted by atomic mass is 35.5. The number of rotatable bonds is 0. The highest BCUT2D eigenvalue weighted by molar-refractivity contribution is 6.48. The Kier molecular flexibility index (Phi) is 2.89. The van der Waals surface area contributed by atoms with Crippen molar-refractivity contribution in [2.45, 2.75) is 11.8 Å². The van der Waals surface area contributed by atoms with Crippen molar-refractivity contribution in [3.63, 3.8) is 0 Å². The lowest BCUT2D eigenvalue weighted by Crippen LogP contribution is -2.27. The van der Waals surface area contributed by atoms with Crippen LogP contribution in [0.3, 0.4) is 0 Å². The van der Waals surface area contributed by atoms with Crippen LogP contribution in [0, 0.1) is 0 Å². The minimum Gasteiger partial charge on any atom is -0.0826 e. The molecule has 0 spiro atoms. The summed E-state index contributed by atoms with van der Waals surface area (Å²) in [6, 6.07) is 19.2. The maximum Gasteiger partial charge on any atom is 0.0781 e. The van der Waals surface area contributed by atoms with Crippen molar-refractivity contribution in [2.24, 2.45) is 0 Å². The van der Waals surface area contributed by atoms with Crippen LogP contribution in [0.5, 0.6) is 0 Å². The first-order valence-corrected chi connectivity index (χ1v) is 8.66. The SMILES string of the molecule is Clc1cc2c(c(Cl)c1Cl)C1c3ccccc3C2c2ccccc21. The molecule has 0 saturated carbocycles. The molecule has 0 heterocycles. The first-order valence-electron chi connectivity index (χ1n) is 7.53. The highest BCUT2D eigenvalue weighted by Gasteiger charge is 2.42. The molecule has 112 valence electrons. The molecule has 0 saturated heterocycles. The minimum atomic E-state index is 0.129. The van der Waals surface area contributed by atoms with E-state index in [-0.39, 0.29) is 11.8 Å². The monoisotopic (exact) mass is 356 g/mol. The van der Waals surface area contributed by atoms with Gasteiger partial charge in [-0.15, -0.1) is 0 Å². The molecule has 6 rings (SSSR count). The molecular weight excluding hydrogens is 347 g/mol. The van der Waals surface area contributed by atoms with E-state index >= 15 is 0 Å². The summed E-state index contributed by atoms with van der Waals surface area (Å²) < 4.78 is 0. The zero-order valence-corrected chi connectivity index (χ0v) is 14.3. The average Bonchev–Trinajstić information content (AvgIpc) is 2.59. The molecule has 0 aromatic heterocycles. The number of halogens is 3. The first-order chi connectivity index (χ1) is 11.2. The Morgan fingerprint density at radius 1 is 0.565 bits per heavy atom. The van der Waals surface area contributed by atoms with Crippen LogP contribution in [0.2, 0.25) is 15.1 Å². The van der Waals surface area contributed by atoms with Crippen molar-refractivity contribution in [3.8, 4) is 0 Å². The zero-order valence-electron chi connectivity index (χ0n) is 12.0. The lowest BCUT2D eigenvalue weighted by molar-refractivity contribution is 0.754. The molecule has 3 aliphatic carbocycles. The summed E-state index contributed by atoms with van der Waals surface area (Å²) in [5, 5.41) is 1.57. The minimum absolute atomic E-state index is 0.129. The third-order valence-corrected chi connectivity index (χ3v) is 6.34. The second-order valence-corrected chi connectivity index (χ2v) is 7.28. The van der Waals surface area contributed by atoms with Gasteiger partial charge in [-0.1, -0.05) is 83.3 Å². The van der Waals surface area contributed by atoms with E-state index in [1.807, 2.05) is 6.07 Å². The van der Waals surface area contributed by atoms with Gasteiger partial charge in [0.05, 0.1) is 15.1 Å². The molecule has 0 aliphatic heterocycles. The van der Waals surface area contributed by atoms with Gasteiger partial charge in [0, 0.05) is 11.8 Å². The van der Waals surface area contributed by atoms with Crippen LogP contribution in [0.4, 0.5) is 0 Å². The Morgan fingerprint density at radius 3 is 1.57 bits per heavy atom. The normalized spacial score (nSPS) is 20.0. The second-order valence-electron chi connectivity index (χ2n) is 6.11. The summed E-state index contributed by atoms with van der Waals surface area (Å²) in [6.07, 6.45) is 0. The summed E-state index contributed by atoms with van der Waals surface area (Å²) in [7, 11) is 0. The van der Waals surface area contributed by atoms with Gasteiger partial charge in [0.2, 0.25) is 0 Å². The lowest BCUT2D eigenvalue weighted by Gasteiger charge is -2.42. The Balaban J connectivity index is 1.94. The van der Waals surface area contributed by atoms with Gasteiger partial charge in [-0.2, -0.15) is 0 Å². The Morgan fingerprint density at radius 2 is 1.04 bits per heavy atom. The van der Waals surface area contributed by atoms with Crippen molar-refractivity contribution in [3.05, 3.63) is 103 Å². The summed E-state index contributed by atoms with van der Waals surface area (Å²) >= 11 is 19.3. The van der Waals surface area contributed by atoms with Gasteiger partial charge in [0.25, 0.3) is 0 Å². The van der Waals surface area contributed by atoms with Crippen molar-refractivity contribution in [2.75, 3.05) is 0 Å². The van der Waals surface area contributed by atoms with Gasteiger partial charge in [0.1, 0.15) is 0 Å². The fourth-order valence-corrected chi connectivity index (χ4v) is 4.95. The summed E-state index contributed by atoms with van der Waals surface area (Å²) in [4.78, 5) is 0. The van der Waals surface area contributed by atoms with Gasteiger partial charge in [-0.05, 0) is 39.4 Å². The fourth-order valence-electron chi connectivity index (χ4n) is 4.21. The molecule has 23 heavy (non-hydrogen) atoms. The molecule has 0 radical (unpaired) electrons. The maximum atomic E-state index is 6.63. The number of hydrogen-bond donors (Lipinski definition) is 0. The molecule has 0 N–H and O–H groups in total. The summed E-state index contributed by atoms with van der Waals surface area (Å²) in [5.74, 6) is 0.305. The Bertz CT molecular complexity index is 927. The van der Waals surface area contributed by atoms with Gasteiger partial charge in [-0.3, -0.25) is 0 Å². The summed E-state index contributed by atoms with van der Waals surface area (Å²) in [5.41, 5.74) is 7.64. The van der Waals surface area contributed by atoms with E-state index in [1.54, 1.807) is 0 Å². The third-order valence-electron chi connectivity index (χ3n) is 5.07. The Labute approximate surface area is 149 Å². The van der Waals surface area contributed by atoms with E-state index in [4.69, 9.17) is 34.8 Å². The van der Waals surface area contributed by atoms with Crippen molar-refractivity contribution in [1.82, 2.24) is 0 Å². The predicted octanol–water partition coefficient (Wildman–Crippen LogP) is 6.63. The van der Waals surface area contributed by atoms with Crippen LogP contribution in [-0.2, 0) is 0 Å². The van der Waals surface area contributed by atoms with Crippen LogP contribution in [-0.4, -0.2) is 0 Å². The molecule has 3 aliphatic rings. The molecule has 0 atom stereocenters. The quantitative estimate of drug-likeness (QED) is 0.273. The summed E-state index contributed by atoms with van der Waals surface area (Å²) in [6.45, 7) is 0. The van der Waals surface area contributed by atoms with E-state index in [9.17, 15) is 0 Å². The van der Waals surface area contributed by atoms with Crippen molar-refractivity contribution < 1.29 is 0 Å². The predicted molar refractivity (Wildman–Crippen MR) is 96.2 cm³/mol. The van der Waals surface area contributed by atoms with Gasteiger partial charge in [-0.25, -0.2) is 0 Å². The molecule has 0 unspecified atom stereocenters. The van der Waals surface area contributed by atoms with Crippen molar-refractivity contribution >= 4 is 34.8 Å². The average molecular weight is 358 g/mol. The van der Waals surface area contributed by atoms with E-state index in [2.05, 4.69) is 48.5 Å². The number of hydrogen-bond acceptors (Lipinski definition) is 0. The molecule has 3 heteroatoms. The van der Waals surface area contributed by atoms with Crippen LogP contribution >= 0.6 is 34.8 Å². The van der Waals surface area contributed by atoms with E-state index in [1.165, 1.54) is 27.8 Å². The van der Waals surface area contributed by atoms with E-state index in [0.29, 0.717) is 15.1 Å². The molecule has 3 aromatic rings. The maximum absolute atomic E-state index is 6.63. The second kappa shape index (κ2) is 4.77.